The second-order valence-corrected chi connectivity index (χ2v) is 5.54. The minimum absolute atomic E-state index is 0.00694. The van der Waals surface area contributed by atoms with E-state index in [2.05, 4.69) is 5.32 Å². The summed E-state index contributed by atoms with van der Waals surface area (Å²) in [6, 6.07) is 6.02. The van der Waals surface area contributed by atoms with E-state index in [9.17, 15) is 9.18 Å². The quantitative estimate of drug-likeness (QED) is 0.895. The average molecular weight is 253 g/mol. The van der Waals surface area contributed by atoms with Gasteiger partial charge in [0.2, 0.25) is 5.91 Å². The highest BCUT2D eigenvalue weighted by Crippen LogP contribution is 2.25. The van der Waals surface area contributed by atoms with Crippen molar-refractivity contribution in [2.75, 3.05) is 16.8 Å². The summed E-state index contributed by atoms with van der Waals surface area (Å²) in [6.45, 7) is 0. The van der Waals surface area contributed by atoms with Crippen molar-refractivity contribution in [1.82, 2.24) is 0 Å². The van der Waals surface area contributed by atoms with Crippen LogP contribution >= 0.6 is 11.8 Å². The molecule has 0 aromatic heterocycles. The summed E-state index contributed by atoms with van der Waals surface area (Å²) in [5.41, 5.74) is 0.542. The van der Waals surface area contributed by atoms with Gasteiger partial charge in [-0.15, -0.1) is 0 Å². The van der Waals surface area contributed by atoms with E-state index in [1.54, 1.807) is 12.1 Å². The predicted octanol–water partition coefficient (Wildman–Crippen LogP) is 3.30. The second-order valence-electron chi connectivity index (χ2n) is 4.32. The van der Waals surface area contributed by atoms with Gasteiger partial charge in [-0.2, -0.15) is 11.8 Å². The smallest absolute Gasteiger partial charge is 0.224 e. The zero-order chi connectivity index (χ0) is 12.1. The van der Waals surface area contributed by atoms with Crippen LogP contribution in [0, 0.1) is 11.7 Å². The van der Waals surface area contributed by atoms with Gasteiger partial charge in [0.15, 0.2) is 0 Å². The van der Waals surface area contributed by atoms with Gasteiger partial charge < -0.3 is 5.32 Å². The molecule has 4 heteroatoms. The molecule has 17 heavy (non-hydrogen) atoms. The van der Waals surface area contributed by atoms with Gasteiger partial charge in [-0.25, -0.2) is 4.39 Å². The minimum Gasteiger partial charge on any atom is -0.326 e. The first-order chi connectivity index (χ1) is 8.24. The van der Waals surface area contributed by atoms with Crippen LogP contribution in [-0.2, 0) is 4.79 Å². The third-order valence-electron chi connectivity index (χ3n) is 2.92. The van der Waals surface area contributed by atoms with E-state index < -0.39 is 0 Å². The van der Waals surface area contributed by atoms with Crippen molar-refractivity contribution in [3.05, 3.63) is 30.1 Å². The maximum Gasteiger partial charge on any atom is 0.224 e. The highest BCUT2D eigenvalue weighted by Gasteiger charge is 2.17. The summed E-state index contributed by atoms with van der Waals surface area (Å²) in [6.07, 6.45) is 2.78. The van der Waals surface area contributed by atoms with Gasteiger partial charge in [-0.05, 0) is 48.5 Å². The van der Waals surface area contributed by atoms with E-state index >= 15 is 0 Å². The van der Waals surface area contributed by atoms with Gasteiger partial charge in [-0.3, -0.25) is 4.79 Å². The lowest BCUT2D eigenvalue weighted by Gasteiger charge is -2.20. The molecule has 1 heterocycles. The number of benzene rings is 1. The Hall–Kier alpha value is -1.03. The van der Waals surface area contributed by atoms with Crippen molar-refractivity contribution >= 4 is 23.4 Å². The number of hydrogen-bond donors (Lipinski definition) is 1. The van der Waals surface area contributed by atoms with Crippen molar-refractivity contribution in [1.29, 1.82) is 0 Å². The molecular formula is C13H16FNOS. The minimum atomic E-state index is -0.322. The molecule has 0 unspecified atom stereocenters. The van der Waals surface area contributed by atoms with Gasteiger partial charge >= 0.3 is 0 Å². The van der Waals surface area contributed by atoms with E-state index in [1.807, 2.05) is 11.8 Å². The first-order valence-corrected chi connectivity index (χ1v) is 7.02. The van der Waals surface area contributed by atoms with E-state index in [4.69, 9.17) is 0 Å². The average Bonchev–Trinajstić information content (AvgIpc) is 2.30. The van der Waals surface area contributed by atoms with E-state index in [1.165, 1.54) is 12.1 Å². The van der Waals surface area contributed by atoms with Gasteiger partial charge in [0.05, 0.1) is 0 Å². The van der Waals surface area contributed by atoms with Crippen LogP contribution in [-0.4, -0.2) is 17.4 Å². The topological polar surface area (TPSA) is 29.1 Å². The summed E-state index contributed by atoms with van der Waals surface area (Å²) in [5, 5.41) is 2.74. The molecule has 0 spiro atoms. The molecule has 0 saturated carbocycles. The third kappa shape index (κ3) is 4.04. The molecule has 92 valence electrons. The Labute approximate surface area is 105 Å². The Bertz CT molecular complexity index is 391. The predicted molar refractivity (Wildman–Crippen MR) is 69.7 cm³/mol. The number of hydrogen-bond acceptors (Lipinski definition) is 2. The number of thioether (sulfide) groups is 1. The Morgan fingerprint density at radius 1 is 1.41 bits per heavy atom. The largest absolute Gasteiger partial charge is 0.326 e. The van der Waals surface area contributed by atoms with Crippen LogP contribution in [0.3, 0.4) is 0 Å². The van der Waals surface area contributed by atoms with Crippen LogP contribution in [0.25, 0.3) is 0 Å². The van der Waals surface area contributed by atoms with E-state index in [0.29, 0.717) is 18.0 Å². The number of carbonyl (C=O) groups is 1. The highest BCUT2D eigenvalue weighted by atomic mass is 32.2. The summed E-state index contributed by atoms with van der Waals surface area (Å²) < 4.78 is 12.9. The molecular weight excluding hydrogens is 237 g/mol. The Kier molecular flexibility index (Phi) is 4.42. The molecule has 2 nitrogen and oxygen atoms in total. The summed E-state index contributed by atoms with van der Waals surface area (Å²) in [5.74, 6) is 2.46. The lowest BCUT2D eigenvalue weighted by atomic mass is 9.98. The van der Waals surface area contributed by atoms with E-state index in [-0.39, 0.29) is 11.7 Å². The SMILES string of the molecule is O=C(CC1CCSCC1)Nc1cccc(F)c1. The summed E-state index contributed by atoms with van der Waals surface area (Å²) in [7, 11) is 0. The van der Waals surface area contributed by atoms with Crippen LogP contribution in [0.4, 0.5) is 10.1 Å². The van der Waals surface area contributed by atoms with E-state index in [0.717, 1.165) is 24.3 Å². The fourth-order valence-electron chi connectivity index (χ4n) is 1.99. The number of rotatable bonds is 3. The van der Waals surface area contributed by atoms with Crippen molar-refractivity contribution in [3.63, 3.8) is 0 Å². The van der Waals surface area contributed by atoms with Crippen molar-refractivity contribution in [2.45, 2.75) is 19.3 Å². The summed E-state index contributed by atoms with van der Waals surface area (Å²) in [4.78, 5) is 11.8. The van der Waals surface area contributed by atoms with Crippen molar-refractivity contribution in [2.24, 2.45) is 5.92 Å². The summed E-state index contributed by atoms with van der Waals surface area (Å²) >= 11 is 1.95. The monoisotopic (exact) mass is 253 g/mol. The van der Waals surface area contributed by atoms with Crippen LogP contribution < -0.4 is 5.32 Å². The van der Waals surface area contributed by atoms with Crippen molar-refractivity contribution in [3.8, 4) is 0 Å². The Morgan fingerprint density at radius 3 is 2.88 bits per heavy atom. The molecule has 1 aromatic rings. The molecule has 2 rings (SSSR count). The molecule has 0 aliphatic carbocycles. The zero-order valence-electron chi connectivity index (χ0n) is 9.62. The normalized spacial score (nSPS) is 16.8. The fraction of sp³-hybridized carbons (Fsp3) is 0.462. The van der Waals surface area contributed by atoms with Gasteiger partial charge in [0.25, 0.3) is 0 Å². The number of anilines is 1. The Morgan fingerprint density at radius 2 is 2.18 bits per heavy atom. The first kappa shape index (κ1) is 12.4. The zero-order valence-corrected chi connectivity index (χ0v) is 10.4. The number of nitrogens with one attached hydrogen (secondary N) is 1. The number of amides is 1. The molecule has 0 radical (unpaired) electrons. The molecule has 1 saturated heterocycles. The first-order valence-electron chi connectivity index (χ1n) is 5.87. The molecule has 1 fully saturated rings. The molecule has 0 bridgehead atoms. The second kappa shape index (κ2) is 6.05. The standard InChI is InChI=1S/C13H16FNOS/c14-11-2-1-3-12(9-11)15-13(16)8-10-4-6-17-7-5-10/h1-3,9-10H,4-8H2,(H,15,16). The van der Waals surface area contributed by atoms with Crippen LogP contribution in [0.5, 0.6) is 0 Å². The molecule has 1 aliphatic rings. The lowest BCUT2D eigenvalue weighted by molar-refractivity contribution is -0.117. The molecule has 1 aromatic carbocycles. The Balaban J connectivity index is 1.84. The third-order valence-corrected chi connectivity index (χ3v) is 3.97. The van der Waals surface area contributed by atoms with Crippen LogP contribution in [0.1, 0.15) is 19.3 Å². The molecule has 1 amide bonds. The van der Waals surface area contributed by atoms with Gasteiger partial charge in [-0.1, -0.05) is 6.07 Å². The fourth-order valence-corrected chi connectivity index (χ4v) is 3.20. The van der Waals surface area contributed by atoms with Crippen LogP contribution in [0.2, 0.25) is 0 Å². The van der Waals surface area contributed by atoms with Gasteiger partial charge in [0, 0.05) is 12.1 Å². The van der Waals surface area contributed by atoms with Crippen LogP contribution in [0.15, 0.2) is 24.3 Å². The van der Waals surface area contributed by atoms with Crippen molar-refractivity contribution < 1.29 is 9.18 Å². The maximum absolute atomic E-state index is 12.9. The maximum atomic E-state index is 12.9. The molecule has 0 atom stereocenters. The number of halogens is 1. The highest BCUT2D eigenvalue weighted by molar-refractivity contribution is 7.99. The van der Waals surface area contributed by atoms with Gasteiger partial charge in [0.1, 0.15) is 5.82 Å². The lowest BCUT2D eigenvalue weighted by Crippen LogP contribution is -2.19. The molecule has 1 N–H and O–H groups in total. The molecule has 1 aliphatic heterocycles. The number of carbonyl (C=O) groups excluding carboxylic acids is 1.